The standard InChI is InChI=1S/C18H21N3O8/c1-28-16(25)6-5-14(24)19-7-3-2-4-11-9-21(18(27)20-17(11)26)15-8-12(23)13(10-22)29-15/h5-6,9,12-13,15,22-23H,3,7-8,10H2,1H3,(H,19,24)(H,20,26,27)/b6-5+/t12-,13+,15+/m0/s1. The van der Waals surface area contributed by atoms with Crippen LogP contribution in [0.3, 0.4) is 0 Å². The molecule has 156 valence electrons. The first kappa shape index (κ1) is 22.1. The number of aliphatic hydroxyl groups is 2. The Balaban J connectivity index is 1.99. The van der Waals surface area contributed by atoms with Gasteiger partial charge in [0.15, 0.2) is 0 Å². The molecule has 1 saturated heterocycles. The lowest BCUT2D eigenvalue weighted by Gasteiger charge is -2.14. The molecule has 1 fully saturated rings. The summed E-state index contributed by atoms with van der Waals surface area (Å²) in [6, 6.07) is 0. The highest BCUT2D eigenvalue weighted by Crippen LogP contribution is 2.27. The SMILES string of the molecule is COC(=O)/C=C/C(=O)NCCC#Cc1cn([C@H]2C[C@H](O)[C@@H](CO)O2)c(=O)[nH]c1=O. The molecule has 29 heavy (non-hydrogen) atoms. The predicted molar refractivity (Wildman–Crippen MR) is 98.6 cm³/mol. The Morgan fingerprint density at radius 3 is 2.86 bits per heavy atom. The number of ether oxygens (including phenoxy) is 2. The summed E-state index contributed by atoms with van der Waals surface area (Å²) in [6.45, 7) is -0.228. The van der Waals surface area contributed by atoms with Gasteiger partial charge in [-0.2, -0.15) is 0 Å². The van der Waals surface area contributed by atoms with Gasteiger partial charge in [0, 0.05) is 37.7 Å². The fourth-order valence-electron chi connectivity index (χ4n) is 2.52. The molecule has 3 atom stereocenters. The molecule has 0 aromatic carbocycles. The maximum absolute atomic E-state index is 12.0. The van der Waals surface area contributed by atoms with Crippen molar-refractivity contribution in [1.29, 1.82) is 0 Å². The zero-order valence-corrected chi connectivity index (χ0v) is 15.6. The quantitative estimate of drug-likeness (QED) is 0.178. The number of amides is 1. The molecular formula is C18H21N3O8. The molecule has 4 N–H and O–H groups in total. The van der Waals surface area contributed by atoms with Gasteiger partial charge in [0.25, 0.3) is 5.56 Å². The summed E-state index contributed by atoms with van der Waals surface area (Å²) in [5.74, 6) is 4.15. The van der Waals surface area contributed by atoms with E-state index >= 15 is 0 Å². The molecule has 1 aliphatic heterocycles. The minimum Gasteiger partial charge on any atom is -0.466 e. The van der Waals surface area contributed by atoms with E-state index in [2.05, 4.69) is 26.9 Å². The molecule has 0 unspecified atom stereocenters. The fraction of sp³-hybridized carbons (Fsp3) is 0.444. The number of carbonyl (C=O) groups is 2. The average Bonchev–Trinajstić information content (AvgIpc) is 3.07. The Morgan fingerprint density at radius 1 is 1.45 bits per heavy atom. The van der Waals surface area contributed by atoms with Crippen LogP contribution in [0.15, 0.2) is 27.9 Å². The molecule has 0 spiro atoms. The summed E-state index contributed by atoms with van der Waals surface area (Å²) in [7, 11) is 1.19. The van der Waals surface area contributed by atoms with Gasteiger partial charge in [-0.1, -0.05) is 11.8 Å². The number of methoxy groups -OCH3 is 1. The molecule has 0 radical (unpaired) electrons. The van der Waals surface area contributed by atoms with Gasteiger partial charge in [0.2, 0.25) is 5.91 Å². The van der Waals surface area contributed by atoms with Crippen molar-refractivity contribution in [3.63, 3.8) is 0 Å². The molecule has 1 aromatic heterocycles. The van der Waals surface area contributed by atoms with E-state index in [0.717, 1.165) is 16.7 Å². The van der Waals surface area contributed by atoms with E-state index < -0.39 is 48.2 Å². The van der Waals surface area contributed by atoms with Crippen LogP contribution in [0, 0.1) is 11.8 Å². The zero-order chi connectivity index (χ0) is 21.4. The van der Waals surface area contributed by atoms with E-state index in [1.165, 1.54) is 13.3 Å². The van der Waals surface area contributed by atoms with E-state index in [1.807, 2.05) is 0 Å². The number of nitrogens with one attached hydrogen (secondary N) is 2. The number of nitrogens with zero attached hydrogens (tertiary/aromatic N) is 1. The highest BCUT2D eigenvalue weighted by molar-refractivity contribution is 5.94. The van der Waals surface area contributed by atoms with Crippen molar-refractivity contribution >= 4 is 11.9 Å². The van der Waals surface area contributed by atoms with E-state index in [4.69, 9.17) is 9.84 Å². The molecule has 1 amide bonds. The number of aromatic amines is 1. The number of H-pyrrole nitrogens is 1. The summed E-state index contributed by atoms with van der Waals surface area (Å²) in [5, 5.41) is 21.4. The van der Waals surface area contributed by atoms with E-state index in [0.29, 0.717) is 0 Å². The number of rotatable bonds is 6. The van der Waals surface area contributed by atoms with Crippen LogP contribution in [0.2, 0.25) is 0 Å². The molecular weight excluding hydrogens is 386 g/mol. The Bertz CT molecular complexity index is 952. The molecule has 11 heteroatoms. The number of aliphatic hydroxyl groups excluding tert-OH is 2. The summed E-state index contributed by atoms with van der Waals surface area (Å²) in [6.07, 6.45) is 0.927. The lowest BCUT2D eigenvalue weighted by atomic mass is 10.2. The Kier molecular flexibility index (Phi) is 7.90. The van der Waals surface area contributed by atoms with Crippen LogP contribution in [0.1, 0.15) is 24.6 Å². The minimum absolute atomic E-state index is 0.00653. The first-order valence-electron chi connectivity index (χ1n) is 8.68. The second kappa shape index (κ2) is 10.4. The van der Waals surface area contributed by atoms with Crippen LogP contribution in [0.4, 0.5) is 0 Å². The van der Waals surface area contributed by atoms with Gasteiger partial charge in [-0.15, -0.1) is 0 Å². The van der Waals surface area contributed by atoms with Crippen molar-refractivity contribution in [2.45, 2.75) is 31.3 Å². The number of hydrogen-bond donors (Lipinski definition) is 4. The van der Waals surface area contributed by atoms with Crippen LogP contribution in [0.5, 0.6) is 0 Å². The predicted octanol–water partition coefficient (Wildman–Crippen LogP) is -2.24. The van der Waals surface area contributed by atoms with Crippen molar-refractivity contribution in [1.82, 2.24) is 14.9 Å². The summed E-state index contributed by atoms with van der Waals surface area (Å²) < 4.78 is 10.9. The third-order valence-electron chi connectivity index (χ3n) is 4.01. The molecule has 11 nitrogen and oxygen atoms in total. The fourth-order valence-corrected chi connectivity index (χ4v) is 2.52. The van der Waals surface area contributed by atoms with Crippen LogP contribution in [-0.4, -0.2) is 64.1 Å². The molecule has 0 saturated carbocycles. The Labute approximate surface area is 165 Å². The molecule has 0 bridgehead atoms. The van der Waals surface area contributed by atoms with Gasteiger partial charge in [-0.25, -0.2) is 9.59 Å². The largest absolute Gasteiger partial charge is 0.466 e. The van der Waals surface area contributed by atoms with Gasteiger partial charge in [0.1, 0.15) is 17.9 Å². The van der Waals surface area contributed by atoms with E-state index in [-0.39, 0.29) is 24.9 Å². The number of esters is 1. The van der Waals surface area contributed by atoms with Crippen LogP contribution in [0.25, 0.3) is 0 Å². The second-order valence-corrected chi connectivity index (χ2v) is 6.02. The molecule has 2 rings (SSSR count). The third-order valence-corrected chi connectivity index (χ3v) is 4.01. The van der Waals surface area contributed by atoms with Gasteiger partial charge < -0.3 is 25.0 Å². The van der Waals surface area contributed by atoms with E-state index in [1.54, 1.807) is 0 Å². The highest BCUT2D eigenvalue weighted by Gasteiger charge is 2.35. The highest BCUT2D eigenvalue weighted by atomic mass is 16.5. The van der Waals surface area contributed by atoms with Crippen molar-refractivity contribution in [3.05, 3.63) is 44.8 Å². The summed E-state index contributed by atoms with van der Waals surface area (Å²) in [5.41, 5.74) is -1.39. The maximum Gasteiger partial charge on any atom is 0.330 e. The summed E-state index contributed by atoms with van der Waals surface area (Å²) >= 11 is 0. The first-order valence-corrected chi connectivity index (χ1v) is 8.68. The Morgan fingerprint density at radius 2 is 2.21 bits per heavy atom. The van der Waals surface area contributed by atoms with E-state index in [9.17, 15) is 24.3 Å². The van der Waals surface area contributed by atoms with Crippen molar-refractivity contribution < 1.29 is 29.3 Å². The first-order chi connectivity index (χ1) is 13.8. The second-order valence-electron chi connectivity index (χ2n) is 6.02. The lowest BCUT2D eigenvalue weighted by Crippen LogP contribution is -2.33. The minimum atomic E-state index is -0.935. The summed E-state index contributed by atoms with van der Waals surface area (Å²) in [4.78, 5) is 48.4. The van der Waals surface area contributed by atoms with Crippen molar-refractivity contribution in [2.24, 2.45) is 0 Å². The van der Waals surface area contributed by atoms with Crippen LogP contribution >= 0.6 is 0 Å². The van der Waals surface area contributed by atoms with Gasteiger partial charge in [0.05, 0.1) is 19.8 Å². The Hall–Kier alpha value is -3.20. The molecule has 2 heterocycles. The monoisotopic (exact) mass is 407 g/mol. The van der Waals surface area contributed by atoms with Crippen molar-refractivity contribution in [2.75, 3.05) is 20.3 Å². The number of hydrogen-bond acceptors (Lipinski definition) is 8. The van der Waals surface area contributed by atoms with Crippen molar-refractivity contribution in [3.8, 4) is 11.8 Å². The smallest absolute Gasteiger partial charge is 0.330 e. The van der Waals surface area contributed by atoms with Gasteiger partial charge in [-0.05, 0) is 0 Å². The molecule has 1 aromatic rings. The normalized spacial score (nSPS) is 20.9. The van der Waals surface area contributed by atoms with Gasteiger partial charge in [-0.3, -0.25) is 19.1 Å². The molecule has 0 aliphatic carbocycles. The topological polar surface area (TPSA) is 160 Å². The maximum atomic E-state index is 12.0. The zero-order valence-electron chi connectivity index (χ0n) is 15.6. The number of carbonyl (C=O) groups excluding carboxylic acids is 2. The molecule has 1 aliphatic rings. The van der Waals surface area contributed by atoms with Crippen LogP contribution in [-0.2, 0) is 19.1 Å². The lowest BCUT2D eigenvalue weighted by molar-refractivity contribution is -0.135. The van der Waals surface area contributed by atoms with Gasteiger partial charge >= 0.3 is 11.7 Å². The third kappa shape index (κ3) is 6.15. The average molecular weight is 407 g/mol. The number of aromatic nitrogens is 2. The van der Waals surface area contributed by atoms with Crippen LogP contribution < -0.4 is 16.6 Å².